The van der Waals surface area contributed by atoms with E-state index in [2.05, 4.69) is 26.0 Å². The van der Waals surface area contributed by atoms with Crippen LogP contribution in [0.5, 0.6) is 0 Å². The minimum Gasteiger partial charge on any atom is -0.299 e. The van der Waals surface area contributed by atoms with Crippen LogP contribution in [0.2, 0.25) is 5.02 Å². The molecule has 1 aliphatic rings. The fourth-order valence-corrected chi connectivity index (χ4v) is 3.44. The Hall–Kier alpha value is -0.820. The van der Waals surface area contributed by atoms with Crippen molar-refractivity contribution in [1.29, 1.82) is 0 Å². The summed E-state index contributed by atoms with van der Waals surface area (Å²) < 4.78 is 0. The number of carbonyl (C=O) groups is 1. The third-order valence-electron chi connectivity index (χ3n) is 4.16. The van der Waals surface area contributed by atoms with Crippen molar-refractivity contribution in [3.8, 4) is 0 Å². The lowest BCUT2D eigenvalue weighted by Gasteiger charge is -2.24. The van der Waals surface area contributed by atoms with Crippen molar-refractivity contribution >= 4 is 17.4 Å². The molecule has 104 valence electrons. The Morgan fingerprint density at radius 1 is 1.21 bits per heavy atom. The highest BCUT2D eigenvalue weighted by molar-refractivity contribution is 6.31. The van der Waals surface area contributed by atoms with E-state index >= 15 is 0 Å². The topological polar surface area (TPSA) is 17.1 Å². The number of carbonyl (C=O) groups excluding carboxylic acids is 1. The SMILES string of the molecule is CCC(=O)C(c1cc2c(cc1Cl)CCCC2)C(C)C. The number of benzene rings is 1. The third kappa shape index (κ3) is 3.02. The molecule has 1 atom stereocenters. The smallest absolute Gasteiger partial charge is 0.140 e. The van der Waals surface area contributed by atoms with Gasteiger partial charge in [0.15, 0.2) is 0 Å². The van der Waals surface area contributed by atoms with E-state index in [1.165, 1.54) is 24.0 Å². The van der Waals surface area contributed by atoms with Crippen molar-refractivity contribution in [2.24, 2.45) is 5.92 Å². The summed E-state index contributed by atoms with van der Waals surface area (Å²) in [7, 11) is 0. The number of fused-ring (bicyclic) bond motifs is 1. The van der Waals surface area contributed by atoms with Crippen molar-refractivity contribution < 1.29 is 4.79 Å². The number of hydrogen-bond acceptors (Lipinski definition) is 1. The summed E-state index contributed by atoms with van der Waals surface area (Å²) in [6.45, 7) is 6.14. The first-order valence-corrected chi connectivity index (χ1v) is 7.76. The van der Waals surface area contributed by atoms with Gasteiger partial charge in [-0.25, -0.2) is 0 Å². The first-order valence-electron chi connectivity index (χ1n) is 7.38. The second kappa shape index (κ2) is 6.09. The maximum absolute atomic E-state index is 12.2. The molecule has 2 rings (SSSR count). The van der Waals surface area contributed by atoms with Gasteiger partial charge in [0.25, 0.3) is 0 Å². The van der Waals surface area contributed by atoms with E-state index in [0.29, 0.717) is 18.1 Å². The number of hydrogen-bond donors (Lipinski definition) is 0. The first kappa shape index (κ1) is 14.6. The molecule has 19 heavy (non-hydrogen) atoms. The monoisotopic (exact) mass is 278 g/mol. The summed E-state index contributed by atoms with van der Waals surface area (Å²) in [5.74, 6) is 0.545. The quantitative estimate of drug-likeness (QED) is 0.762. The van der Waals surface area contributed by atoms with Crippen molar-refractivity contribution in [3.05, 3.63) is 33.8 Å². The van der Waals surface area contributed by atoms with Crippen LogP contribution in [0.4, 0.5) is 0 Å². The summed E-state index contributed by atoms with van der Waals surface area (Å²) in [5.41, 5.74) is 3.83. The third-order valence-corrected chi connectivity index (χ3v) is 4.49. The number of halogens is 1. The highest BCUT2D eigenvalue weighted by Crippen LogP contribution is 2.36. The van der Waals surface area contributed by atoms with Gasteiger partial charge < -0.3 is 0 Å². The number of rotatable bonds is 4. The Morgan fingerprint density at radius 2 is 1.79 bits per heavy atom. The molecule has 0 saturated carbocycles. The van der Waals surface area contributed by atoms with Gasteiger partial charge in [-0.15, -0.1) is 0 Å². The second-order valence-electron chi connectivity index (χ2n) is 5.89. The molecule has 0 spiro atoms. The van der Waals surface area contributed by atoms with E-state index in [1.54, 1.807) is 0 Å². The molecule has 1 nitrogen and oxygen atoms in total. The highest BCUT2D eigenvalue weighted by atomic mass is 35.5. The van der Waals surface area contributed by atoms with Crippen LogP contribution in [0, 0.1) is 5.92 Å². The minimum absolute atomic E-state index is 0.0512. The Bertz CT molecular complexity index is 476. The van der Waals surface area contributed by atoms with Gasteiger partial charge in [-0.05, 0) is 54.4 Å². The number of aryl methyl sites for hydroxylation is 2. The van der Waals surface area contributed by atoms with Gasteiger partial charge in [0.2, 0.25) is 0 Å². The average Bonchev–Trinajstić information content (AvgIpc) is 2.39. The van der Waals surface area contributed by atoms with Crippen molar-refractivity contribution in [1.82, 2.24) is 0 Å². The van der Waals surface area contributed by atoms with E-state index in [9.17, 15) is 4.79 Å². The highest BCUT2D eigenvalue weighted by Gasteiger charge is 2.26. The van der Waals surface area contributed by atoms with Crippen LogP contribution in [-0.4, -0.2) is 5.78 Å². The zero-order valence-electron chi connectivity index (χ0n) is 12.1. The second-order valence-corrected chi connectivity index (χ2v) is 6.30. The van der Waals surface area contributed by atoms with E-state index in [-0.39, 0.29) is 5.92 Å². The molecular weight excluding hydrogens is 256 g/mol. The molecule has 0 fully saturated rings. The molecular formula is C17H23ClO. The minimum atomic E-state index is -0.0512. The molecule has 0 amide bonds. The standard InChI is InChI=1S/C17H23ClO/c1-4-16(19)17(11(2)3)14-9-12-7-5-6-8-13(12)10-15(14)18/h9-11,17H,4-8H2,1-3H3. The Kier molecular flexibility index (Phi) is 4.67. The molecule has 2 heteroatoms. The lowest BCUT2D eigenvalue weighted by atomic mass is 9.81. The summed E-state index contributed by atoms with van der Waals surface area (Å²) >= 11 is 6.45. The van der Waals surface area contributed by atoms with Crippen LogP contribution in [0.15, 0.2) is 12.1 Å². The fraction of sp³-hybridized carbons (Fsp3) is 0.588. The summed E-state index contributed by atoms with van der Waals surface area (Å²) in [6, 6.07) is 4.30. The van der Waals surface area contributed by atoms with Gasteiger partial charge in [-0.1, -0.05) is 38.4 Å². The van der Waals surface area contributed by atoms with E-state index in [0.717, 1.165) is 23.4 Å². The molecule has 1 unspecified atom stereocenters. The molecule has 1 aromatic rings. The van der Waals surface area contributed by atoms with E-state index in [4.69, 9.17) is 11.6 Å². The molecule has 1 aliphatic carbocycles. The normalized spacial score (nSPS) is 16.3. The van der Waals surface area contributed by atoms with Crippen molar-refractivity contribution in [3.63, 3.8) is 0 Å². The van der Waals surface area contributed by atoms with Gasteiger partial charge in [0, 0.05) is 17.4 Å². The summed E-state index contributed by atoms with van der Waals surface area (Å²) in [5, 5.41) is 0.779. The summed E-state index contributed by atoms with van der Waals surface area (Å²) in [4.78, 5) is 12.2. The number of Topliss-reactive ketones (excluding diaryl/α,β-unsaturated/α-hetero) is 1. The number of ketones is 1. The zero-order valence-corrected chi connectivity index (χ0v) is 12.9. The van der Waals surface area contributed by atoms with Crippen molar-refractivity contribution in [2.75, 3.05) is 0 Å². The molecule has 0 aromatic heterocycles. The van der Waals surface area contributed by atoms with Gasteiger partial charge in [0.05, 0.1) is 0 Å². The lowest BCUT2D eigenvalue weighted by Crippen LogP contribution is -2.19. The van der Waals surface area contributed by atoms with Gasteiger partial charge in [0.1, 0.15) is 5.78 Å². The molecule has 0 saturated heterocycles. The predicted molar refractivity (Wildman–Crippen MR) is 81.0 cm³/mol. The Morgan fingerprint density at radius 3 is 2.32 bits per heavy atom. The largest absolute Gasteiger partial charge is 0.299 e. The molecule has 1 aromatic carbocycles. The molecule has 0 radical (unpaired) electrons. The van der Waals surface area contributed by atoms with E-state index < -0.39 is 0 Å². The van der Waals surface area contributed by atoms with Crippen LogP contribution < -0.4 is 0 Å². The maximum atomic E-state index is 12.2. The van der Waals surface area contributed by atoms with Crippen molar-refractivity contribution in [2.45, 2.75) is 58.8 Å². The van der Waals surface area contributed by atoms with Crippen LogP contribution in [0.25, 0.3) is 0 Å². The van der Waals surface area contributed by atoms with Gasteiger partial charge in [-0.2, -0.15) is 0 Å². The van der Waals surface area contributed by atoms with Gasteiger partial charge in [-0.3, -0.25) is 4.79 Å². The Balaban J connectivity index is 2.45. The van der Waals surface area contributed by atoms with Crippen LogP contribution in [0.1, 0.15) is 62.6 Å². The molecule has 0 aliphatic heterocycles. The Labute approximate surface area is 121 Å². The summed E-state index contributed by atoms with van der Waals surface area (Å²) in [6.07, 6.45) is 5.34. The zero-order chi connectivity index (χ0) is 14.0. The van der Waals surface area contributed by atoms with E-state index in [1.807, 2.05) is 6.92 Å². The molecule has 0 bridgehead atoms. The van der Waals surface area contributed by atoms with Gasteiger partial charge >= 0.3 is 0 Å². The fourth-order valence-electron chi connectivity index (χ4n) is 3.14. The molecule has 0 heterocycles. The predicted octanol–water partition coefficient (Wildman–Crippen LogP) is 4.94. The lowest BCUT2D eigenvalue weighted by molar-refractivity contribution is -0.121. The average molecular weight is 279 g/mol. The van der Waals surface area contributed by atoms with Crippen LogP contribution >= 0.6 is 11.6 Å². The van der Waals surface area contributed by atoms with Crippen LogP contribution in [-0.2, 0) is 17.6 Å². The van der Waals surface area contributed by atoms with Crippen LogP contribution in [0.3, 0.4) is 0 Å². The maximum Gasteiger partial charge on any atom is 0.140 e. The first-order chi connectivity index (χ1) is 9.04. The molecule has 0 N–H and O–H groups in total.